The van der Waals surface area contributed by atoms with Gasteiger partial charge >= 0.3 is 5.63 Å². The Hall–Kier alpha value is -5.67. The molecule has 0 amide bonds. The van der Waals surface area contributed by atoms with Gasteiger partial charge in [-0.2, -0.15) is 0 Å². The van der Waals surface area contributed by atoms with Crippen LogP contribution in [0.5, 0.6) is 0 Å². The van der Waals surface area contributed by atoms with E-state index in [1.54, 1.807) is 0 Å². The van der Waals surface area contributed by atoms with Crippen LogP contribution < -0.4 is 10.5 Å². The van der Waals surface area contributed by atoms with Gasteiger partial charge in [0, 0.05) is 33.9 Å². The molecule has 1 aliphatic carbocycles. The molecule has 6 aromatic carbocycles. The van der Waals surface area contributed by atoms with E-state index in [0.717, 1.165) is 39.1 Å². The van der Waals surface area contributed by atoms with Gasteiger partial charge in [-0.1, -0.05) is 111 Å². The van der Waals surface area contributed by atoms with Crippen molar-refractivity contribution in [1.29, 1.82) is 0 Å². The second kappa shape index (κ2) is 10.7. The molecule has 0 N–H and O–H groups in total. The summed E-state index contributed by atoms with van der Waals surface area (Å²) in [6, 6.07) is 51.2. The Bertz CT molecular complexity index is 2300. The van der Waals surface area contributed by atoms with Crippen molar-refractivity contribution in [3.05, 3.63) is 173 Å². The monoisotopic (exact) mass is 595 g/mol. The Kier molecular flexibility index (Phi) is 6.51. The lowest BCUT2D eigenvalue weighted by Gasteiger charge is -2.28. The van der Waals surface area contributed by atoms with Gasteiger partial charge in [0.15, 0.2) is 0 Å². The molecule has 0 atom stereocenters. The van der Waals surface area contributed by atoms with E-state index in [4.69, 9.17) is 4.42 Å². The van der Waals surface area contributed by atoms with Crippen LogP contribution in [0.25, 0.3) is 44.3 Å². The third-order valence-corrected chi connectivity index (χ3v) is 9.47. The molecule has 8 rings (SSSR count). The van der Waals surface area contributed by atoms with Crippen molar-refractivity contribution in [3.63, 3.8) is 0 Å². The van der Waals surface area contributed by atoms with E-state index < -0.39 is 0 Å². The fourth-order valence-corrected chi connectivity index (χ4v) is 7.02. The lowest BCUT2D eigenvalue weighted by atomic mass is 9.82. The molecule has 3 nitrogen and oxygen atoms in total. The molecule has 0 aliphatic heterocycles. The Labute approximate surface area is 269 Å². The van der Waals surface area contributed by atoms with Gasteiger partial charge < -0.3 is 9.32 Å². The number of fused-ring (bicyclic) bond motifs is 4. The van der Waals surface area contributed by atoms with Crippen molar-refractivity contribution in [2.75, 3.05) is 4.90 Å². The maximum atomic E-state index is 12.0. The summed E-state index contributed by atoms with van der Waals surface area (Å²) in [5.41, 5.74) is 14.1. The number of anilines is 3. The van der Waals surface area contributed by atoms with E-state index in [1.165, 1.54) is 39.4 Å². The smallest absolute Gasteiger partial charge is 0.336 e. The predicted molar refractivity (Wildman–Crippen MR) is 190 cm³/mol. The molecule has 1 aromatic heterocycles. The van der Waals surface area contributed by atoms with Crippen LogP contribution in [0.3, 0.4) is 0 Å². The van der Waals surface area contributed by atoms with Gasteiger partial charge in [0.1, 0.15) is 5.58 Å². The Balaban J connectivity index is 1.22. The van der Waals surface area contributed by atoms with Crippen molar-refractivity contribution in [3.8, 4) is 33.4 Å². The molecule has 0 fully saturated rings. The minimum Gasteiger partial charge on any atom is -0.423 e. The number of hydrogen-bond donors (Lipinski definition) is 0. The highest BCUT2D eigenvalue weighted by atomic mass is 16.4. The fourth-order valence-electron chi connectivity index (χ4n) is 7.02. The van der Waals surface area contributed by atoms with Crippen LogP contribution in [0.15, 0.2) is 155 Å². The maximum Gasteiger partial charge on any atom is 0.336 e. The second-order valence-corrected chi connectivity index (χ2v) is 12.7. The molecule has 7 aromatic rings. The summed E-state index contributed by atoms with van der Waals surface area (Å²) in [7, 11) is 0. The molecule has 3 heteroatoms. The second-order valence-electron chi connectivity index (χ2n) is 12.7. The SMILES string of the molecule is Cc1cc(=O)oc2cc(-c3ccc(N(c4ccc(-c5ccccc5)cc4)c4ccc5c(c4)C(C)(C)c4ccccc4-5)cc3)ccc12. The van der Waals surface area contributed by atoms with Crippen molar-refractivity contribution in [2.24, 2.45) is 0 Å². The molecular weight excluding hydrogens is 562 g/mol. The summed E-state index contributed by atoms with van der Waals surface area (Å²) in [5, 5.41) is 0.951. The van der Waals surface area contributed by atoms with Gasteiger partial charge in [0.2, 0.25) is 0 Å². The fraction of sp³-hybridized carbons (Fsp3) is 0.0930. The van der Waals surface area contributed by atoms with Crippen LogP contribution in [-0.4, -0.2) is 0 Å². The maximum absolute atomic E-state index is 12.0. The standard InChI is InChI=1S/C43H33NO2/c1-28-25-42(45)46-41-26-32(17-23-36(28)41)31-15-20-34(21-16-31)44(33-18-13-30(14-19-33)29-9-5-4-6-10-29)35-22-24-38-37-11-7-8-12-39(37)43(2,3)40(38)27-35/h4-27H,1-3H3. The van der Waals surface area contributed by atoms with Crippen LogP contribution in [-0.2, 0) is 5.41 Å². The van der Waals surface area contributed by atoms with Crippen LogP contribution in [0.2, 0.25) is 0 Å². The van der Waals surface area contributed by atoms with E-state index >= 15 is 0 Å². The largest absolute Gasteiger partial charge is 0.423 e. The topological polar surface area (TPSA) is 33.5 Å². The third-order valence-electron chi connectivity index (χ3n) is 9.47. The Morgan fingerprint density at radius 3 is 1.80 bits per heavy atom. The van der Waals surface area contributed by atoms with Gasteiger partial charge in [0.25, 0.3) is 0 Å². The summed E-state index contributed by atoms with van der Waals surface area (Å²) >= 11 is 0. The lowest BCUT2D eigenvalue weighted by molar-refractivity contribution is 0.560. The summed E-state index contributed by atoms with van der Waals surface area (Å²) in [4.78, 5) is 14.4. The highest BCUT2D eigenvalue weighted by Crippen LogP contribution is 2.50. The number of aryl methyl sites for hydroxylation is 1. The van der Waals surface area contributed by atoms with E-state index in [-0.39, 0.29) is 11.0 Å². The molecule has 0 spiro atoms. The molecule has 1 heterocycles. The van der Waals surface area contributed by atoms with E-state index in [0.29, 0.717) is 5.58 Å². The molecule has 0 saturated carbocycles. The predicted octanol–water partition coefficient (Wildman–Crippen LogP) is 11.2. The summed E-state index contributed by atoms with van der Waals surface area (Å²) in [6.07, 6.45) is 0. The summed E-state index contributed by atoms with van der Waals surface area (Å²) < 4.78 is 5.54. The summed E-state index contributed by atoms with van der Waals surface area (Å²) in [5.74, 6) is 0. The molecule has 46 heavy (non-hydrogen) atoms. The van der Waals surface area contributed by atoms with Crippen molar-refractivity contribution in [2.45, 2.75) is 26.2 Å². The van der Waals surface area contributed by atoms with E-state index in [1.807, 2.05) is 25.1 Å². The molecule has 222 valence electrons. The number of nitrogens with zero attached hydrogens (tertiary/aromatic N) is 1. The van der Waals surface area contributed by atoms with Crippen molar-refractivity contribution < 1.29 is 4.42 Å². The Morgan fingerprint density at radius 2 is 1.09 bits per heavy atom. The van der Waals surface area contributed by atoms with Gasteiger partial charge in [-0.15, -0.1) is 0 Å². The normalized spacial score (nSPS) is 12.9. The van der Waals surface area contributed by atoms with Gasteiger partial charge in [-0.05, 0) is 99.5 Å². The Morgan fingerprint density at radius 1 is 0.522 bits per heavy atom. The van der Waals surface area contributed by atoms with E-state index in [2.05, 4.69) is 140 Å². The third kappa shape index (κ3) is 4.64. The van der Waals surface area contributed by atoms with Crippen molar-refractivity contribution in [1.82, 2.24) is 0 Å². The molecule has 0 saturated heterocycles. The molecule has 0 radical (unpaired) electrons. The van der Waals surface area contributed by atoms with Crippen LogP contribution in [0.1, 0.15) is 30.5 Å². The number of benzene rings is 6. The zero-order valence-corrected chi connectivity index (χ0v) is 26.1. The van der Waals surface area contributed by atoms with Crippen LogP contribution in [0, 0.1) is 6.92 Å². The average Bonchev–Trinajstić information content (AvgIpc) is 3.31. The quantitative estimate of drug-likeness (QED) is 0.186. The highest BCUT2D eigenvalue weighted by Gasteiger charge is 2.35. The molecule has 1 aliphatic rings. The lowest BCUT2D eigenvalue weighted by Crippen LogP contribution is -2.16. The average molecular weight is 596 g/mol. The first-order valence-electron chi connectivity index (χ1n) is 15.7. The van der Waals surface area contributed by atoms with Crippen LogP contribution >= 0.6 is 0 Å². The number of rotatable bonds is 5. The molecular formula is C43H33NO2. The zero-order chi connectivity index (χ0) is 31.4. The molecule has 0 unspecified atom stereocenters. The van der Waals surface area contributed by atoms with Gasteiger partial charge in [-0.25, -0.2) is 4.79 Å². The first-order valence-corrected chi connectivity index (χ1v) is 15.7. The van der Waals surface area contributed by atoms with E-state index in [9.17, 15) is 4.79 Å². The first-order chi connectivity index (χ1) is 22.4. The van der Waals surface area contributed by atoms with Crippen LogP contribution in [0.4, 0.5) is 17.1 Å². The minimum absolute atomic E-state index is 0.0991. The minimum atomic E-state index is -0.327. The number of hydrogen-bond acceptors (Lipinski definition) is 3. The molecule has 0 bridgehead atoms. The first kappa shape index (κ1) is 27.8. The highest BCUT2D eigenvalue weighted by molar-refractivity contribution is 5.88. The zero-order valence-electron chi connectivity index (χ0n) is 26.1. The van der Waals surface area contributed by atoms with Gasteiger partial charge in [0.05, 0.1) is 0 Å². The van der Waals surface area contributed by atoms with Crippen molar-refractivity contribution >= 4 is 28.0 Å². The van der Waals surface area contributed by atoms with Gasteiger partial charge in [-0.3, -0.25) is 0 Å². The summed E-state index contributed by atoms with van der Waals surface area (Å²) in [6.45, 7) is 6.58.